The molecule has 1 fully saturated rings. The molecule has 1 aliphatic heterocycles. The Kier molecular flexibility index (Phi) is 7.06. The highest BCUT2D eigenvalue weighted by Crippen LogP contribution is 2.18. The first-order valence-electron chi connectivity index (χ1n) is 10.2. The molecule has 0 aromatic heterocycles. The Morgan fingerprint density at radius 1 is 1.00 bits per heavy atom. The number of methoxy groups -OCH3 is 1. The number of carbonyl (C=O) groups is 1. The molecule has 3 rings (SSSR count). The monoisotopic (exact) mass is 383 g/mol. The van der Waals surface area contributed by atoms with Crippen LogP contribution in [0.4, 0.5) is 0 Å². The van der Waals surface area contributed by atoms with Gasteiger partial charge >= 0.3 is 0 Å². The number of amides is 1. The van der Waals surface area contributed by atoms with Gasteiger partial charge in [0.2, 0.25) is 0 Å². The Morgan fingerprint density at radius 3 is 2.43 bits per heavy atom. The number of hydrogen-bond donors (Lipinski definition) is 3. The van der Waals surface area contributed by atoms with Crippen LogP contribution in [0.25, 0.3) is 0 Å². The van der Waals surface area contributed by atoms with Crippen LogP contribution in [0, 0.1) is 13.8 Å². The number of nitrogens with one attached hydrogen (secondary N) is 3. The number of quaternary nitrogens is 2. The topological polar surface area (TPSA) is 47.2 Å². The maximum absolute atomic E-state index is 12.3. The van der Waals surface area contributed by atoms with Gasteiger partial charge in [-0.25, -0.2) is 0 Å². The molecule has 150 valence electrons. The molecule has 0 spiro atoms. The van der Waals surface area contributed by atoms with Gasteiger partial charge in [0.15, 0.2) is 6.54 Å². The lowest BCUT2D eigenvalue weighted by molar-refractivity contribution is -1.02. The molecule has 28 heavy (non-hydrogen) atoms. The van der Waals surface area contributed by atoms with Gasteiger partial charge in [-0.15, -0.1) is 0 Å². The van der Waals surface area contributed by atoms with E-state index in [2.05, 4.69) is 49.5 Å². The van der Waals surface area contributed by atoms with Crippen molar-refractivity contribution in [3.8, 4) is 5.75 Å². The lowest BCUT2D eigenvalue weighted by Crippen LogP contribution is -3.28. The van der Waals surface area contributed by atoms with Crippen molar-refractivity contribution >= 4 is 5.91 Å². The van der Waals surface area contributed by atoms with E-state index in [9.17, 15) is 4.79 Å². The van der Waals surface area contributed by atoms with Gasteiger partial charge in [-0.2, -0.15) is 0 Å². The Hall–Kier alpha value is -2.37. The van der Waals surface area contributed by atoms with Crippen molar-refractivity contribution in [2.45, 2.75) is 26.9 Å². The minimum Gasteiger partial charge on any atom is -0.496 e. The number of hydrogen-bond acceptors (Lipinski definition) is 2. The average molecular weight is 384 g/mol. The Morgan fingerprint density at radius 2 is 1.71 bits per heavy atom. The lowest BCUT2D eigenvalue weighted by atomic mass is 10.1. The summed E-state index contributed by atoms with van der Waals surface area (Å²) in [6, 6.07) is 14.6. The summed E-state index contributed by atoms with van der Waals surface area (Å²) < 4.78 is 5.52. The minimum absolute atomic E-state index is 0.141. The quantitative estimate of drug-likeness (QED) is 0.626. The number of aryl methyl sites for hydroxylation is 2. The van der Waals surface area contributed by atoms with Crippen LogP contribution in [0.15, 0.2) is 42.5 Å². The van der Waals surface area contributed by atoms with E-state index in [0.29, 0.717) is 13.1 Å². The van der Waals surface area contributed by atoms with Crippen molar-refractivity contribution in [3.05, 3.63) is 64.7 Å². The minimum atomic E-state index is 0.141. The van der Waals surface area contributed by atoms with Crippen LogP contribution in [0.3, 0.4) is 0 Å². The van der Waals surface area contributed by atoms with Gasteiger partial charge in [0.05, 0.1) is 7.11 Å². The number of piperazine rings is 1. The van der Waals surface area contributed by atoms with Gasteiger partial charge in [-0.1, -0.05) is 35.9 Å². The van der Waals surface area contributed by atoms with Crippen LogP contribution in [-0.2, 0) is 17.9 Å². The average Bonchev–Trinajstić information content (AvgIpc) is 2.69. The van der Waals surface area contributed by atoms with Crippen LogP contribution in [0.2, 0.25) is 0 Å². The second-order valence-corrected chi connectivity index (χ2v) is 7.87. The fraction of sp³-hybridized carbons (Fsp3) is 0.435. The number of rotatable bonds is 7. The first-order valence-corrected chi connectivity index (χ1v) is 10.2. The molecule has 3 N–H and O–H groups in total. The third kappa shape index (κ3) is 5.57. The van der Waals surface area contributed by atoms with E-state index in [0.717, 1.165) is 38.5 Å². The zero-order chi connectivity index (χ0) is 19.9. The Labute approximate surface area is 168 Å². The number of ether oxygens (including phenoxy) is 1. The standard InChI is InChI=1S/C23H31N3O2/c1-18-8-9-22(28-3)21(14-18)16-25-10-12-26(13-11-25)17-23(27)24-15-20-7-5-4-6-19(20)2/h4-9,14H,10-13,15-17H2,1-3H3,(H,24,27)/p+2. The summed E-state index contributed by atoms with van der Waals surface area (Å²) in [6.07, 6.45) is 0. The highest BCUT2D eigenvalue weighted by molar-refractivity contribution is 5.76. The summed E-state index contributed by atoms with van der Waals surface area (Å²) >= 11 is 0. The molecule has 1 saturated heterocycles. The summed E-state index contributed by atoms with van der Waals surface area (Å²) in [7, 11) is 1.74. The fourth-order valence-corrected chi connectivity index (χ4v) is 3.92. The predicted molar refractivity (Wildman–Crippen MR) is 111 cm³/mol. The molecule has 2 aromatic carbocycles. The summed E-state index contributed by atoms with van der Waals surface area (Å²) in [6.45, 7) is 10.6. The summed E-state index contributed by atoms with van der Waals surface area (Å²) in [5, 5.41) is 3.08. The molecule has 1 amide bonds. The molecule has 0 saturated carbocycles. The van der Waals surface area contributed by atoms with E-state index in [4.69, 9.17) is 4.74 Å². The molecule has 5 heteroatoms. The highest BCUT2D eigenvalue weighted by atomic mass is 16.5. The van der Waals surface area contributed by atoms with E-state index in [1.54, 1.807) is 12.0 Å². The van der Waals surface area contributed by atoms with E-state index in [-0.39, 0.29) is 5.91 Å². The zero-order valence-corrected chi connectivity index (χ0v) is 17.3. The van der Waals surface area contributed by atoms with Crippen LogP contribution in [-0.4, -0.2) is 45.7 Å². The van der Waals surface area contributed by atoms with E-state index < -0.39 is 0 Å². The molecular weight excluding hydrogens is 350 g/mol. The second kappa shape index (κ2) is 9.71. The number of carbonyl (C=O) groups excluding carboxylic acids is 1. The van der Waals surface area contributed by atoms with E-state index in [1.165, 1.54) is 27.2 Å². The molecule has 0 radical (unpaired) electrons. The van der Waals surface area contributed by atoms with Gasteiger partial charge in [0.25, 0.3) is 5.91 Å². The molecule has 2 aromatic rings. The second-order valence-electron chi connectivity index (χ2n) is 7.87. The smallest absolute Gasteiger partial charge is 0.275 e. The van der Waals surface area contributed by atoms with Crippen molar-refractivity contribution in [1.29, 1.82) is 0 Å². The zero-order valence-electron chi connectivity index (χ0n) is 17.3. The van der Waals surface area contributed by atoms with Crippen molar-refractivity contribution < 1.29 is 19.3 Å². The van der Waals surface area contributed by atoms with Gasteiger partial charge in [-0.05, 0) is 37.1 Å². The largest absolute Gasteiger partial charge is 0.496 e. The van der Waals surface area contributed by atoms with Crippen molar-refractivity contribution in [3.63, 3.8) is 0 Å². The van der Waals surface area contributed by atoms with E-state index in [1.807, 2.05) is 12.1 Å². The van der Waals surface area contributed by atoms with Crippen molar-refractivity contribution in [1.82, 2.24) is 5.32 Å². The fourth-order valence-electron chi connectivity index (χ4n) is 3.92. The molecule has 0 aliphatic carbocycles. The molecule has 0 atom stereocenters. The molecule has 5 nitrogen and oxygen atoms in total. The van der Waals surface area contributed by atoms with Gasteiger partial charge in [0, 0.05) is 12.1 Å². The maximum Gasteiger partial charge on any atom is 0.275 e. The van der Waals surface area contributed by atoms with E-state index >= 15 is 0 Å². The lowest BCUT2D eigenvalue weighted by Gasteiger charge is -2.29. The van der Waals surface area contributed by atoms with Crippen LogP contribution in [0.5, 0.6) is 5.75 Å². The van der Waals surface area contributed by atoms with Gasteiger partial charge < -0.3 is 19.9 Å². The SMILES string of the molecule is COc1ccc(C)cc1C[NH+]1CC[NH+](CC(=O)NCc2ccccc2C)CC1. The number of benzene rings is 2. The Balaban J connectivity index is 1.43. The molecular formula is C23H33N3O2+2. The molecule has 0 unspecified atom stereocenters. The van der Waals surface area contributed by atoms with Crippen molar-refractivity contribution in [2.24, 2.45) is 0 Å². The maximum atomic E-state index is 12.3. The van der Waals surface area contributed by atoms with Crippen molar-refractivity contribution in [2.75, 3.05) is 39.8 Å². The van der Waals surface area contributed by atoms with Crippen LogP contribution < -0.4 is 19.9 Å². The molecule has 0 bridgehead atoms. The normalized spacial score (nSPS) is 19.2. The molecule has 1 aliphatic rings. The first kappa shape index (κ1) is 20.4. The summed E-state index contributed by atoms with van der Waals surface area (Å²) in [5.74, 6) is 1.12. The summed E-state index contributed by atoms with van der Waals surface area (Å²) in [5.41, 5.74) is 4.95. The van der Waals surface area contributed by atoms with Gasteiger partial charge in [0.1, 0.15) is 38.5 Å². The predicted octanol–water partition coefficient (Wildman–Crippen LogP) is -0.0882. The van der Waals surface area contributed by atoms with Gasteiger partial charge in [-0.3, -0.25) is 4.79 Å². The molecule has 1 heterocycles. The third-order valence-corrected chi connectivity index (χ3v) is 5.69. The Bertz CT molecular complexity index is 798. The van der Waals surface area contributed by atoms with Crippen LogP contribution in [0.1, 0.15) is 22.3 Å². The first-order chi connectivity index (χ1) is 13.5. The highest BCUT2D eigenvalue weighted by Gasteiger charge is 2.25. The summed E-state index contributed by atoms with van der Waals surface area (Å²) in [4.78, 5) is 15.3. The van der Waals surface area contributed by atoms with Crippen LogP contribution >= 0.6 is 0 Å². The third-order valence-electron chi connectivity index (χ3n) is 5.69.